The summed E-state index contributed by atoms with van der Waals surface area (Å²) in [5, 5.41) is 4.09. The number of H-pyrrole nitrogens is 1. The number of likely N-dealkylation sites (N-methyl/N-ethyl adjacent to an activating group) is 1. The highest BCUT2D eigenvalue weighted by atomic mass is 16.2. The van der Waals surface area contributed by atoms with E-state index in [2.05, 4.69) is 35.1 Å². The fraction of sp³-hybridized carbons (Fsp3) is 0.360. The summed E-state index contributed by atoms with van der Waals surface area (Å²) in [7, 11) is 0. The molecule has 2 aromatic carbocycles. The minimum Gasteiger partial charge on any atom is -0.361 e. The van der Waals surface area contributed by atoms with Gasteiger partial charge >= 0.3 is 0 Å². The van der Waals surface area contributed by atoms with Crippen LogP contribution in [0.5, 0.6) is 0 Å². The number of nitrogens with zero attached hydrogens (tertiary/aromatic N) is 2. The van der Waals surface area contributed by atoms with Crippen molar-refractivity contribution in [1.29, 1.82) is 0 Å². The van der Waals surface area contributed by atoms with E-state index in [1.54, 1.807) is 4.90 Å². The Balaban J connectivity index is 1.64. The number of aromatic amines is 1. The lowest BCUT2D eigenvalue weighted by Crippen LogP contribution is -2.48. The minimum atomic E-state index is -0.588. The number of fused-ring (bicyclic) bond motifs is 2. The molecule has 1 aromatic heterocycles. The first-order valence-corrected chi connectivity index (χ1v) is 11.0. The first-order valence-electron chi connectivity index (χ1n) is 11.0. The van der Waals surface area contributed by atoms with E-state index in [9.17, 15) is 9.59 Å². The van der Waals surface area contributed by atoms with Crippen LogP contribution in [0.1, 0.15) is 48.3 Å². The van der Waals surface area contributed by atoms with Crippen LogP contribution in [-0.4, -0.2) is 58.8 Å². The predicted octanol–water partition coefficient (Wildman–Crippen LogP) is 3.56. The SMILES string of the molecule is CCN(CC)CCNC(=O)C(C)N1C(=O)c2ccccc2C1c1c[nH]c2ccccc12. The highest BCUT2D eigenvalue weighted by Crippen LogP contribution is 2.42. The van der Waals surface area contributed by atoms with Crippen LogP contribution in [0.3, 0.4) is 0 Å². The topological polar surface area (TPSA) is 68.4 Å². The Morgan fingerprint density at radius 3 is 2.58 bits per heavy atom. The Labute approximate surface area is 183 Å². The summed E-state index contributed by atoms with van der Waals surface area (Å²) in [5.74, 6) is -0.226. The van der Waals surface area contributed by atoms with E-state index in [0.29, 0.717) is 12.1 Å². The van der Waals surface area contributed by atoms with Gasteiger partial charge < -0.3 is 20.1 Å². The van der Waals surface area contributed by atoms with Crippen LogP contribution in [0.25, 0.3) is 10.9 Å². The van der Waals surface area contributed by atoms with Gasteiger partial charge in [0.1, 0.15) is 6.04 Å². The number of nitrogens with one attached hydrogen (secondary N) is 2. The van der Waals surface area contributed by atoms with Crippen molar-refractivity contribution in [3.8, 4) is 0 Å². The molecule has 6 nitrogen and oxygen atoms in total. The quantitative estimate of drug-likeness (QED) is 0.588. The maximum Gasteiger partial charge on any atom is 0.255 e. The molecule has 2 amide bonds. The molecule has 31 heavy (non-hydrogen) atoms. The molecule has 0 fully saturated rings. The average molecular weight is 419 g/mol. The van der Waals surface area contributed by atoms with Gasteiger partial charge in [0.2, 0.25) is 5.91 Å². The van der Waals surface area contributed by atoms with Gasteiger partial charge in [-0.2, -0.15) is 0 Å². The van der Waals surface area contributed by atoms with Crippen LogP contribution >= 0.6 is 0 Å². The smallest absolute Gasteiger partial charge is 0.255 e. The van der Waals surface area contributed by atoms with Crippen molar-refractivity contribution in [2.75, 3.05) is 26.2 Å². The molecule has 2 unspecified atom stereocenters. The maximum absolute atomic E-state index is 13.4. The van der Waals surface area contributed by atoms with Crippen LogP contribution in [0, 0.1) is 0 Å². The number of aromatic nitrogens is 1. The predicted molar refractivity (Wildman–Crippen MR) is 123 cm³/mol. The number of hydrogen-bond acceptors (Lipinski definition) is 3. The maximum atomic E-state index is 13.4. The summed E-state index contributed by atoms with van der Waals surface area (Å²) in [6.07, 6.45) is 1.96. The molecule has 2 atom stereocenters. The van der Waals surface area contributed by atoms with Crippen LogP contribution in [0.2, 0.25) is 0 Å². The van der Waals surface area contributed by atoms with Crippen molar-refractivity contribution in [3.63, 3.8) is 0 Å². The largest absolute Gasteiger partial charge is 0.361 e. The van der Waals surface area contributed by atoms with Crippen LogP contribution < -0.4 is 5.32 Å². The van der Waals surface area contributed by atoms with E-state index in [-0.39, 0.29) is 17.9 Å². The number of amides is 2. The Hall–Kier alpha value is -3.12. The third-order valence-corrected chi connectivity index (χ3v) is 6.33. The first-order chi connectivity index (χ1) is 15.1. The molecule has 6 heteroatoms. The van der Waals surface area contributed by atoms with Crippen molar-refractivity contribution >= 4 is 22.7 Å². The summed E-state index contributed by atoms with van der Waals surface area (Å²) in [6, 6.07) is 14.8. The normalized spacial score (nSPS) is 16.7. The highest BCUT2D eigenvalue weighted by molar-refractivity contribution is 6.03. The molecular weight excluding hydrogens is 388 g/mol. The molecule has 1 aliphatic rings. The van der Waals surface area contributed by atoms with E-state index in [1.807, 2.05) is 55.6 Å². The van der Waals surface area contributed by atoms with E-state index < -0.39 is 6.04 Å². The molecule has 0 bridgehead atoms. The van der Waals surface area contributed by atoms with Crippen molar-refractivity contribution in [3.05, 3.63) is 71.4 Å². The lowest BCUT2D eigenvalue weighted by molar-refractivity contribution is -0.125. The molecule has 0 saturated carbocycles. The summed E-state index contributed by atoms with van der Waals surface area (Å²) in [4.78, 5) is 33.7. The first kappa shape index (κ1) is 21.1. The summed E-state index contributed by atoms with van der Waals surface area (Å²) in [6.45, 7) is 9.30. The molecule has 0 radical (unpaired) electrons. The van der Waals surface area contributed by atoms with Gasteiger partial charge in [-0.05, 0) is 37.7 Å². The molecule has 2 N–H and O–H groups in total. The second-order valence-electron chi connectivity index (χ2n) is 7.99. The molecule has 0 aliphatic carbocycles. The van der Waals surface area contributed by atoms with E-state index in [4.69, 9.17) is 0 Å². The molecule has 4 rings (SSSR count). The van der Waals surface area contributed by atoms with E-state index >= 15 is 0 Å². The second kappa shape index (κ2) is 8.94. The zero-order valence-corrected chi connectivity index (χ0v) is 18.4. The van der Waals surface area contributed by atoms with Gasteiger partial charge in [-0.25, -0.2) is 0 Å². The monoisotopic (exact) mass is 418 g/mol. The average Bonchev–Trinajstić information content (AvgIpc) is 3.35. The number of carbonyl (C=O) groups excluding carboxylic acids is 2. The molecule has 2 heterocycles. The van der Waals surface area contributed by atoms with Crippen molar-refractivity contribution < 1.29 is 9.59 Å². The van der Waals surface area contributed by atoms with Gasteiger partial charge in [0.05, 0.1) is 6.04 Å². The Morgan fingerprint density at radius 2 is 1.81 bits per heavy atom. The minimum absolute atomic E-state index is 0.0997. The third kappa shape index (κ3) is 3.83. The molecule has 1 aliphatic heterocycles. The lowest BCUT2D eigenvalue weighted by atomic mass is 9.97. The van der Waals surface area contributed by atoms with Gasteiger partial charge in [0, 0.05) is 41.3 Å². The molecular formula is C25H30N4O2. The van der Waals surface area contributed by atoms with Crippen molar-refractivity contribution in [1.82, 2.24) is 20.1 Å². The Bertz CT molecular complexity index is 1090. The molecule has 0 saturated heterocycles. The lowest BCUT2D eigenvalue weighted by Gasteiger charge is -2.31. The fourth-order valence-electron chi connectivity index (χ4n) is 4.52. The fourth-order valence-corrected chi connectivity index (χ4v) is 4.52. The second-order valence-corrected chi connectivity index (χ2v) is 7.99. The van der Waals surface area contributed by atoms with Gasteiger partial charge in [-0.1, -0.05) is 50.2 Å². The van der Waals surface area contributed by atoms with Crippen LogP contribution in [0.4, 0.5) is 0 Å². The standard InChI is InChI=1S/C25H30N4O2/c1-4-28(5-2)15-14-26-24(30)17(3)29-23(19-11-6-7-12-20(19)25(29)31)21-16-27-22-13-9-8-10-18(21)22/h6-13,16-17,23,27H,4-5,14-15H2,1-3H3,(H,26,30). The van der Waals surface area contributed by atoms with Gasteiger partial charge in [0.15, 0.2) is 0 Å². The number of rotatable bonds is 8. The number of carbonyl (C=O) groups is 2. The summed E-state index contributed by atoms with van der Waals surface area (Å²) >= 11 is 0. The molecule has 162 valence electrons. The zero-order chi connectivity index (χ0) is 22.0. The number of para-hydroxylation sites is 1. The number of benzene rings is 2. The zero-order valence-electron chi connectivity index (χ0n) is 18.4. The van der Waals surface area contributed by atoms with E-state index in [1.165, 1.54) is 0 Å². The van der Waals surface area contributed by atoms with Gasteiger partial charge in [-0.3, -0.25) is 9.59 Å². The van der Waals surface area contributed by atoms with Crippen molar-refractivity contribution in [2.45, 2.75) is 32.9 Å². The van der Waals surface area contributed by atoms with Gasteiger partial charge in [-0.15, -0.1) is 0 Å². The highest BCUT2D eigenvalue weighted by Gasteiger charge is 2.42. The van der Waals surface area contributed by atoms with Crippen LogP contribution in [-0.2, 0) is 4.79 Å². The van der Waals surface area contributed by atoms with Crippen LogP contribution in [0.15, 0.2) is 54.7 Å². The Kier molecular flexibility index (Phi) is 6.09. The Morgan fingerprint density at radius 1 is 1.10 bits per heavy atom. The van der Waals surface area contributed by atoms with E-state index in [0.717, 1.165) is 41.7 Å². The third-order valence-electron chi connectivity index (χ3n) is 6.33. The molecule has 3 aromatic rings. The summed E-state index contributed by atoms with van der Waals surface area (Å²) in [5.41, 5.74) is 3.64. The van der Waals surface area contributed by atoms with Crippen molar-refractivity contribution in [2.24, 2.45) is 0 Å². The number of hydrogen-bond donors (Lipinski definition) is 2. The molecule has 0 spiro atoms. The summed E-state index contributed by atoms with van der Waals surface area (Å²) < 4.78 is 0. The van der Waals surface area contributed by atoms with Gasteiger partial charge in [0.25, 0.3) is 5.91 Å².